The summed E-state index contributed by atoms with van der Waals surface area (Å²) in [5, 5.41) is 4.82. The average Bonchev–Trinajstić information content (AvgIpc) is 2.63. The normalized spacial score (nSPS) is 10.4. The molecule has 25 heavy (non-hydrogen) atoms. The smallest absolute Gasteiger partial charge is 0.273 e. The van der Waals surface area contributed by atoms with Crippen molar-refractivity contribution in [3.8, 4) is 0 Å². The fourth-order valence-electron chi connectivity index (χ4n) is 2.48. The van der Waals surface area contributed by atoms with Gasteiger partial charge in [-0.3, -0.25) is 25.2 Å². The van der Waals surface area contributed by atoms with Crippen LogP contribution in [-0.4, -0.2) is 21.6 Å². The van der Waals surface area contributed by atoms with Gasteiger partial charge in [0.2, 0.25) is 5.91 Å². The number of benzene rings is 2. The number of aromatic nitrogens is 2. The first-order valence-corrected chi connectivity index (χ1v) is 7.65. The summed E-state index contributed by atoms with van der Waals surface area (Å²) in [5.74, 6) is -0.943. The van der Waals surface area contributed by atoms with Crippen molar-refractivity contribution in [2.75, 3.05) is 0 Å². The molecule has 0 aliphatic rings. The van der Waals surface area contributed by atoms with Crippen LogP contribution < -0.4 is 16.4 Å². The second-order valence-electron chi connectivity index (χ2n) is 5.49. The van der Waals surface area contributed by atoms with E-state index >= 15 is 0 Å². The van der Waals surface area contributed by atoms with Crippen molar-refractivity contribution in [1.29, 1.82) is 0 Å². The maximum absolute atomic E-state index is 12.4. The quantitative estimate of drug-likeness (QED) is 0.696. The third-order valence-electron chi connectivity index (χ3n) is 3.69. The van der Waals surface area contributed by atoms with E-state index in [2.05, 4.69) is 16.0 Å². The second kappa shape index (κ2) is 6.96. The number of fused-ring (bicyclic) bond motifs is 1. The van der Waals surface area contributed by atoms with Crippen LogP contribution in [0.5, 0.6) is 0 Å². The van der Waals surface area contributed by atoms with Crippen molar-refractivity contribution in [2.45, 2.75) is 6.42 Å². The summed E-state index contributed by atoms with van der Waals surface area (Å²) < 4.78 is 1.10. The van der Waals surface area contributed by atoms with Crippen LogP contribution in [-0.2, 0) is 18.3 Å². The van der Waals surface area contributed by atoms with Gasteiger partial charge in [-0.15, -0.1) is 0 Å². The summed E-state index contributed by atoms with van der Waals surface area (Å²) in [6.45, 7) is 0. The maximum atomic E-state index is 12.4. The third kappa shape index (κ3) is 3.55. The standard InChI is InChI=1S/C18H16N4O3/c1-22-18(25)14-10-6-5-9-13(14)16(21-22)17(24)20-19-15(23)11-12-7-3-2-4-8-12/h2-10H,11H2,1H3,(H,19,23)(H,20,24). The Bertz CT molecular complexity index is 996. The van der Waals surface area contributed by atoms with E-state index in [1.165, 1.54) is 7.05 Å². The SMILES string of the molecule is Cn1nc(C(=O)NNC(=O)Cc2ccccc2)c2ccccc2c1=O. The van der Waals surface area contributed by atoms with Gasteiger partial charge < -0.3 is 0 Å². The molecule has 7 heteroatoms. The van der Waals surface area contributed by atoms with Crippen molar-refractivity contribution in [1.82, 2.24) is 20.6 Å². The molecule has 0 spiro atoms. The van der Waals surface area contributed by atoms with Crippen LogP contribution in [0, 0.1) is 0 Å². The van der Waals surface area contributed by atoms with Crippen LogP contribution in [0.25, 0.3) is 10.8 Å². The Labute approximate surface area is 143 Å². The number of nitrogens with one attached hydrogen (secondary N) is 2. The van der Waals surface area contributed by atoms with Gasteiger partial charge in [0.15, 0.2) is 5.69 Å². The Balaban J connectivity index is 1.76. The molecule has 126 valence electrons. The number of amides is 2. The van der Waals surface area contributed by atoms with Crippen LogP contribution in [0.2, 0.25) is 0 Å². The number of hydrazine groups is 1. The monoisotopic (exact) mass is 336 g/mol. The van der Waals surface area contributed by atoms with Gasteiger partial charge in [0, 0.05) is 12.4 Å². The molecule has 1 aromatic heterocycles. The van der Waals surface area contributed by atoms with E-state index in [0.29, 0.717) is 10.8 Å². The summed E-state index contributed by atoms with van der Waals surface area (Å²) >= 11 is 0. The Hall–Kier alpha value is -3.48. The fraction of sp³-hybridized carbons (Fsp3) is 0.111. The topological polar surface area (TPSA) is 93.1 Å². The number of carbonyl (C=O) groups is 2. The number of rotatable bonds is 3. The molecule has 0 atom stereocenters. The molecule has 0 saturated heterocycles. The molecule has 0 aliphatic heterocycles. The summed E-state index contributed by atoms with van der Waals surface area (Å²) in [4.78, 5) is 36.4. The lowest BCUT2D eigenvalue weighted by molar-refractivity contribution is -0.121. The van der Waals surface area contributed by atoms with Crippen LogP contribution >= 0.6 is 0 Å². The molecule has 1 heterocycles. The number of carbonyl (C=O) groups excluding carboxylic acids is 2. The van der Waals surface area contributed by atoms with Gasteiger partial charge in [-0.05, 0) is 11.6 Å². The number of aryl methyl sites for hydroxylation is 1. The zero-order valence-electron chi connectivity index (χ0n) is 13.5. The minimum absolute atomic E-state index is 0.0673. The molecule has 2 aromatic carbocycles. The van der Waals surface area contributed by atoms with E-state index in [1.54, 1.807) is 24.3 Å². The highest BCUT2D eigenvalue weighted by molar-refractivity contribution is 6.05. The number of hydrogen-bond donors (Lipinski definition) is 2. The molecule has 2 amide bonds. The Morgan fingerprint density at radius 1 is 0.960 bits per heavy atom. The second-order valence-corrected chi connectivity index (χ2v) is 5.49. The molecule has 0 bridgehead atoms. The van der Waals surface area contributed by atoms with E-state index in [0.717, 1.165) is 10.2 Å². The molecule has 3 rings (SSSR count). The van der Waals surface area contributed by atoms with E-state index in [4.69, 9.17) is 0 Å². The van der Waals surface area contributed by atoms with Gasteiger partial charge in [0.25, 0.3) is 11.5 Å². The van der Waals surface area contributed by atoms with Gasteiger partial charge in [-0.2, -0.15) is 5.10 Å². The Morgan fingerprint density at radius 3 is 2.32 bits per heavy atom. The summed E-state index contributed by atoms with van der Waals surface area (Å²) in [5.41, 5.74) is 5.31. The van der Waals surface area contributed by atoms with E-state index < -0.39 is 5.91 Å². The molecule has 0 saturated carbocycles. The first-order chi connectivity index (χ1) is 12.1. The van der Waals surface area contributed by atoms with Gasteiger partial charge >= 0.3 is 0 Å². The Kier molecular flexibility index (Phi) is 4.56. The number of hydrogen-bond acceptors (Lipinski definition) is 4. The first-order valence-electron chi connectivity index (χ1n) is 7.65. The molecule has 3 aromatic rings. The highest BCUT2D eigenvalue weighted by Crippen LogP contribution is 2.12. The zero-order valence-corrected chi connectivity index (χ0v) is 13.5. The molecular weight excluding hydrogens is 320 g/mol. The van der Waals surface area contributed by atoms with Gasteiger partial charge in [-0.1, -0.05) is 48.5 Å². The molecule has 2 N–H and O–H groups in total. The lowest BCUT2D eigenvalue weighted by Crippen LogP contribution is -2.43. The maximum Gasteiger partial charge on any atom is 0.290 e. The summed E-state index contributed by atoms with van der Waals surface area (Å²) in [6.07, 6.45) is 0.141. The van der Waals surface area contributed by atoms with E-state index in [9.17, 15) is 14.4 Å². The summed E-state index contributed by atoms with van der Waals surface area (Å²) in [6, 6.07) is 15.9. The van der Waals surface area contributed by atoms with Crippen LogP contribution in [0.15, 0.2) is 59.4 Å². The van der Waals surface area contributed by atoms with Crippen LogP contribution in [0.1, 0.15) is 16.1 Å². The predicted octanol–water partition coefficient (Wildman–Crippen LogP) is 0.937. The lowest BCUT2D eigenvalue weighted by atomic mass is 10.1. The zero-order chi connectivity index (χ0) is 17.8. The number of nitrogens with zero attached hydrogens (tertiary/aromatic N) is 2. The molecule has 7 nitrogen and oxygen atoms in total. The molecule has 0 unspecified atom stereocenters. The van der Waals surface area contributed by atoms with E-state index in [1.807, 2.05) is 30.3 Å². The third-order valence-corrected chi connectivity index (χ3v) is 3.69. The minimum Gasteiger partial charge on any atom is -0.273 e. The minimum atomic E-state index is -0.590. The van der Waals surface area contributed by atoms with Crippen molar-refractivity contribution in [3.05, 3.63) is 76.2 Å². The fourth-order valence-corrected chi connectivity index (χ4v) is 2.48. The van der Waals surface area contributed by atoms with Crippen molar-refractivity contribution >= 4 is 22.6 Å². The highest BCUT2D eigenvalue weighted by atomic mass is 16.2. The molecule has 0 radical (unpaired) electrons. The van der Waals surface area contributed by atoms with Crippen LogP contribution in [0.4, 0.5) is 0 Å². The molecule has 0 fully saturated rings. The van der Waals surface area contributed by atoms with Crippen molar-refractivity contribution < 1.29 is 9.59 Å². The molecular formula is C18H16N4O3. The van der Waals surface area contributed by atoms with Gasteiger partial charge in [0.1, 0.15) is 0 Å². The summed E-state index contributed by atoms with van der Waals surface area (Å²) in [7, 11) is 1.47. The Morgan fingerprint density at radius 2 is 1.60 bits per heavy atom. The average molecular weight is 336 g/mol. The largest absolute Gasteiger partial charge is 0.290 e. The predicted molar refractivity (Wildman–Crippen MR) is 92.7 cm³/mol. The van der Waals surface area contributed by atoms with E-state index in [-0.39, 0.29) is 23.6 Å². The van der Waals surface area contributed by atoms with Crippen LogP contribution in [0.3, 0.4) is 0 Å². The van der Waals surface area contributed by atoms with Gasteiger partial charge in [-0.25, -0.2) is 4.68 Å². The lowest BCUT2D eigenvalue weighted by Gasteiger charge is -2.10. The highest BCUT2D eigenvalue weighted by Gasteiger charge is 2.16. The van der Waals surface area contributed by atoms with Crippen molar-refractivity contribution in [2.24, 2.45) is 7.05 Å². The first kappa shape index (κ1) is 16.4. The molecule has 0 aliphatic carbocycles. The van der Waals surface area contributed by atoms with Gasteiger partial charge in [0.05, 0.1) is 11.8 Å². The van der Waals surface area contributed by atoms with Crippen molar-refractivity contribution in [3.63, 3.8) is 0 Å².